The van der Waals surface area contributed by atoms with Gasteiger partial charge in [0.1, 0.15) is 11.9 Å². The lowest BCUT2D eigenvalue weighted by molar-refractivity contribution is 0.122. The van der Waals surface area contributed by atoms with Crippen molar-refractivity contribution in [1.29, 1.82) is 0 Å². The molecule has 1 rings (SSSR count). The van der Waals surface area contributed by atoms with E-state index in [0.717, 1.165) is 16.9 Å². The molecule has 0 aliphatic heterocycles. The summed E-state index contributed by atoms with van der Waals surface area (Å²) in [6, 6.07) is 0. The highest BCUT2D eigenvalue weighted by atomic mass is 28.4. The van der Waals surface area contributed by atoms with E-state index >= 15 is 0 Å². The Bertz CT molecular complexity index is 397. The molecule has 0 aromatic rings. The van der Waals surface area contributed by atoms with Crippen LogP contribution in [0.3, 0.4) is 0 Å². The molecular formula is C15H26O2Si. The van der Waals surface area contributed by atoms with Crippen LogP contribution in [0.15, 0.2) is 35.6 Å². The first-order chi connectivity index (χ1) is 8.10. The number of hydrogen-bond acceptors (Lipinski definition) is 2. The maximum absolute atomic E-state index is 6.41. The molecule has 1 aliphatic rings. The molecule has 0 heterocycles. The summed E-state index contributed by atoms with van der Waals surface area (Å²) in [6.07, 6.45) is 3.92. The van der Waals surface area contributed by atoms with Gasteiger partial charge in [-0.1, -0.05) is 39.5 Å². The second-order valence-corrected chi connectivity index (χ2v) is 11.2. The van der Waals surface area contributed by atoms with Crippen LogP contribution < -0.4 is 0 Å². The molecule has 0 radical (unpaired) electrons. The molecule has 0 fully saturated rings. The van der Waals surface area contributed by atoms with Crippen molar-refractivity contribution in [2.75, 3.05) is 7.11 Å². The molecule has 0 N–H and O–H groups in total. The fourth-order valence-electron chi connectivity index (χ4n) is 1.60. The molecule has 0 spiro atoms. The zero-order valence-corrected chi connectivity index (χ0v) is 13.8. The van der Waals surface area contributed by atoms with Crippen molar-refractivity contribution in [3.8, 4) is 0 Å². The topological polar surface area (TPSA) is 18.5 Å². The fourth-order valence-corrected chi connectivity index (χ4v) is 2.72. The second kappa shape index (κ2) is 5.06. The van der Waals surface area contributed by atoms with E-state index in [0.29, 0.717) is 0 Å². The van der Waals surface area contributed by atoms with E-state index in [9.17, 15) is 0 Å². The summed E-state index contributed by atoms with van der Waals surface area (Å²) < 4.78 is 11.9. The summed E-state index contributed by atoms with van der Waals surface area (Å²) >= 11 is 0. The van der Waals surface area contributed by atoms with Crippen molar-refractivity contribution in [1.82, 2.24) is 0 Å². The fraction of sp³-hybridized carbons (Fsp3) is 0.600. The Morgan fingerprint density at radius 2 is 1.78 bits per heavy atom. The van der Waals surface area contributed by atoms with Crippen LogP contribution in [0.25, 0.3) is 0 Å². The van der Waals surface area contributed by atoms with E-state index in [2.05, 4.69) is 53.4 Å². The third-order valence-corrected chi connectivity index (χ3v) is 8.26. The van der Waals surface area contributed by atoms with Crippen LogP contribution in [-0.2, 0) is 9.16 Å². The third-order valence-electron chi connectivity index (χ3n) is 3.92. The normalized spacial score (nSPS) is 21.5. The van der Waals surface area contributed by atoms with Gasteiger partial charge in [0.2, 0.25) is 8.32 Å². The summed E-state index contributed by atoms with van der Waals surface area (Å²) in [6.45, 7) is 17.3. The first kappa shape index (κ1) is 15.3. The van der Waals surface area contributed by atoms with E-state index in [4.69, 9.17) is 9.16 Å². The Kier molecular flexibility index (Phi) is 4.29. The Morgan fingerprint density at radius 3 is 2.22 bits per heavy atom. The van der Waals surface area contributed by atoms with Gasteiger partial charge in [-0.2, -0.15) is 0 Å². The van der Waals surface area contributed by atoms with Crippen LogP contribution in [0.4, 0.5) is 0 Å². The zero-order chi connectivity index (χ0) is 14.1. The molecule has 0 aromatic carbocycles. The third kappa shape index (κ3) is 2.95. The van der Waals surface area contributed by atoms with Crippen molar-refractivity contribution < 1.29 is 9.16 Å². The molecule has 0 amide bonds. The standard InChI is InChI=1S/C15H26O2Si/c1-11-9-10-12(2)14(13(11)16-6)17-18(7,8)15(3,4)5/h9-10,13H,1H2,2-8H3. The van der Waals surface area contributed by atoms with Crippen LogP contribution >= 0.6 is 0 Å². The van der Waals surface area contributed by atoms with Crippen molar-refractivity contribution in [2.24, 2.45) is 0 Å². The van der Waals surface area contributed by atoms with Gasteiger partial charge in [0.15, 0.2) is 0 Å². The minimum absolute atomic E-state index is 0.135. The van der Waals surface area contributed by atoms with Gasteiger partial charge in [0, 0.05) is 7.11 Å². The molecular weight excluding hydrogens is 240 g/mol. The molecule has 3 heteroatoms. The predicted octanol–water partition coefficient (Wildman–Crippen LogP) is 4.42. The lowest BCUT2D eigenvalue weighted by Gasteiger charge is -2.40. The Balaban J connectivity index is 3.07. The summed E-state index contributed by atoms with van der Waals surface area (Å²) in [5, 5.41) is 0.182. The van der Waals surface area contributed by atoms with E-state index in [1.54, 1.807) is 7.11 Å². The molecule has 1 atom stereocenters. The van der Waals surface area contributed by atoms with Gasteiger partial charge in [0.05, 0.1) is 0 Å². The predicted molar refractivity (Wildman–Crippen MR) is 80.1 cm³/mol. The SMILES string of the molecule is C=C1C=CC(C)=C(O[Si](C)(C)C(C)(C)C)C1OC. The lowest BCUT2D eigenvalue weighted by atomic mass is 10.00. The van der Waals surface area contributed by atoms with Crippen LogP contribution in [-0.4, -0.2) is 21.5 Å². The molecule has 0 saturated heterocycles. The Morgan fingerprint density at radius 1 is 1.22 bits per heavy atom. The van der Waals surface area contributed by atoms with E-state index in [1.165, 1.54) is 0 Å². The molecule has 0 aromatic heterocycles. The maximum atomic E-state index is 6.41. The summed E-state index contributed by atoms with van der Waals surface area (Å²) in [4.78, 5) is 0. The second-order valence-electron chi connectivity index (χ2n) is 6.43. The molecule has 0 saturated carbocycles. The highest BCUT2D eigenvalue weighted by Gasteiger charge is 2.41. The molecule has 2 nitrogen and oxygen atoms in total. The van der Waals surface area contributed by atoms with Gasteiger partial charge >= 0.3 is 0 Å². The van der Waals surface area contributed by atoms with E-state index in [-0.39, 0.29) is 11.1 Å². The molecule has 18 heavy (non-hydrogen) atoms. The number of allylic oxidation sites excluding steroid dienone is 2. The van der Waals surface area contributed by atoms with Gasteiger partial charge in [0.25, 0.3) is 0 Å². The number of ether oxygens (including phenoxy) is 1. The minimum Gasteiger partial charge on any atom is -0.544 e. The smallest absolute Gasteiger partial charge is 0.250 e. The Labute approximate surface area is 113 Å². The van der Waals surface area contributed by atoms with Gasteiger partial charge < -0.3 is 9.16 Å². The summed E-state index contributed by atoms with van der Waals surface area (Å²) in [5.41, 5.74) is 2.09. The number of hydrogen-bond donors (Lipinski definition) is 0. The van der Waals surface area contributed by atoms with Crippen molar-refractivity contribution >= 4 is 8.32 Å². The van der Waals surface area contributed by atoms with Gasteiger partial charge in [-0.3, -0.25) is 0 Å². The minimum atomic E-state index is -1.83. The van der Waals surface area contributed by atoms with Gasteiger partial charge in [-0.25, -0.2) is 0 Å². The molecule has 1 unspecified atom stereocenters. The van der Waals surface area contributed by atoms with Crippen molar-refractivity contribution in [2.45, 2.75) is 51.9 Å². The van der Waals surface area contributed by atoms with Crippen LogP contribution in [0.1, 0.15) is 27.7 Å². The van der Waals surface area contributed by atoms with Crippen molar-refractivity contribution in [3.05, 3.63) is 35.6 Å². The first-order valence-electron chi connectivity index (χ1n) is 6.39. The molecule has 102 valence electrons. The van der Waals surface area contributed by atoms with Crippen molar-refractivity contribution in [3.63, 3.8) is 0 Å². The summed E-state index contributed by atoms with van der Waals surface area (Å²) in [7, 11) is -0.129. The molecule has 1 aliphatic carbocycles. The summed E-state index contributed by atoms with van der Waals surface area (Å²) in [5.74, 6) is 0.941. The number of rotatable bonds is 3. The number of methoxy groups -OCH3 is 1. The largest absolute Gasteiger partial charge is 0.544 e. The zero-order valence-electron chi connectivity index (χ0n) is 12.8. The monoisotopic (exact) mass is 266 g/mol. The average molecular weight is 266 g/mol. The van der Waals surface area contributed by atoms with Gasteiger partial charge in [-0.15, -0.1) is 0 Å². The van der Waals surface area contributed by atoms with Crippen LogP contribution in [0.5, 0.6) is 0 Å². The maximum Gasteiger partial charge on any atom is 0.250 e. The highest BCUT2D eigenvalue weighted by Crippen LogP contribution is 2.40. The van der Waals surface area contributed by atoms with Gasteiger partial charge in [-0.05, 0) is 36.2 Å². The van der Waals surface area contributed by atoms with E-state index < -0.39 is 8.32 Å². The Hall–Kier alpha value is -0.803. The van der Waals surface area contributed by atoms with Crippen LogP contribution in [0, 0.1) is 0 Å². The average Bonchev–Trinajstić information content (AvgIpc) is 2.22. The highest BCUT2D eigenvalue weighted by molar-refractivity contribution is 6.74. The lowest BCUT2D eigenvalue weighted by Crippen LogP contribution is -2.42. The first-order valence-corrected chi connectivity index (χ1v) is 9.30. The molecule has 0 bridgehead atoms. The van der Waals surface area contributed by atoms with Crippen LogP contribution in [0.2, 0.25) is 18.1 Å². The van der Waals surface area contributed by atoms with E-state index in [1.807, 2.05) is 6.08 Å². The quantitative estimate of drug-likeness (QED) is 0.704.